The van der Waals surface area contributed by atoms with E-state index in [9.17, 15) is 0 Å². The predicted molar refractivity (Wildman–Crippen MR) is 83.8 cm³/mol. The maximum atomic E-state index is 4.48. The summed E-state index contributed by atoms with van der Waals surface area (Å²) in [6, 6.07) is 4.51. The van der Waals surface area contributed by atoms with Crippen LogP contribution in [-0.4, -0.2) is 9.78 Å². The minimum atomic E-state index is 0.879. The molecule has 0 unspecified atom stereocenters. The van der Waals surface area contributed by atoms with E-state index in [1.807, 2.05) is 11.7 Å². The molecule has 1 heterocycles. The molecular formula is C17H25N3. The zero-order valence-electron chi connectivity index (χ0n) is 13.2. The van der Waals surface area contributed by atoms with Crippen LogP contribution < -0.4 is 5.32 Å². The summed E-state index contributed by atoms with van der Waals surface area (Å²) in [5.74, 6) is 0. The Bertz CT molecular complexity index is 573. The second-order valence-electron chi connectivity index (χ2n) is 5.61. The molecule has 0 aliphatic rings. The number of benzene rings is 1. The van der Waals surface area contributed by atoms with Crippen molar-refractivity contribution >= 4 is 0 Å². The number of hydrogen-bond donors (Lipinski definition) is 1. The first-order valence-electron chi connectivity index (χ1n) is 7.30. The Morgan fingerprint density at radius 2 is 1.75 bits per heavy atom. The molecule has 2 rings (SSSR count). The fraction of sp³-hybridized carbons (Fsp3) is 0.471. The van der Waals surface area contributed by atoms with E-state index in [1.54, 1.807) is 0 Å². The van der Waals surface area contributed by atoms with E-state index in [2.05, 4.69) is 56.4 Å². The van der Waals surface area contributed by atoms with Crippen LogP contribution in [0.4, 0.5) is 0 Å². The minimum Gasteiger partial charge on any atom is -0.308 e. The van der Waals surface area contributed by atoms with Crippen molar-refractivity contribution in [3.63, 3.8) is 0 Å². The van der Waals surface area contributed by atoms with Gasteiger partial charge in [0.05, 0.1) is 5.69 Å². The molecule has 0 aliphatic heterocycles. The number of nitrogens with one attached hydrogen (secondary N) is 1. The van der Waals surface area contributed by atoms with Gasteiger partial charge >= 0.3 is 0 Å². The molecule has 3 nitrogen and oxygen atoms in total. The number of rotatable bonds is 5. The highest BCUT2D eigenvalue weighted by atomic mass is 15.3. The number of nitrogens with zero attached hydrogens (tertiary/aromatic N) is 2. The highest BCUT2D eigenvalue weighted by Crippen LogP contribution is 2.16. The van der Waals surface area contributed by atoms with Crippen LogP contribution in [0.25, 0.3) is 0 Å². The van der Waals surface area contributed by atoms with Crippen LogP contribution in [0.1, 0.15) is 40.4 Å². The molecule has 1 aromatic heterocycles. The molecule has 20 heavy (non-hydrogen) atoms. The molecule has 0 fully saturated rings. The van der Waals surface area contributed by atoms with Gasteiger partial charge in [-0.25, -0.2) is 0 Å². The fourth-order valence-corrected chi connectivity index (χ4v) is 2.84. The van der Waals surface area contributed by atoms with Crippen LogP contribution in [0.5, 0.6) is 0 Å². The van der Waals surface area contributed by atoms with Gasteiger partial charge in [0.25, 0.3) is 0 Å². The summed E-state index contributed by atoms with van der Waals surface area (Å²) in [7, 11) is 1.98. The van der Waals surface area contributed by atoms with Gasteiger partial charge in [-0.2, -0.15) is 5.10 Å². The lowest BCUT2D eigenvalue weighted by Gasteiger charge is -2.12. The van der Waals surface area contributed by atoms with Crippen LogP contribution in [-0.2, 0) is 26.6 Å². The van der Waals surface area contributed by atoms with Crippen molar-refractivity contribution in [1.29, 1.82) is 0 Å². The monoisotopic (exact) mass is 271 g/mol. The fourth-order valence-electron chi connectivity index (χ4n) is 2.84. The Hall–Kier alpha value is -1.61. The molecule has 0 aliphatic carbocycles. The molecule has 0 saturated heterocycles. The molecule has 0 spiro atoms. The quantitative estimate of drug-likeness (QED) is 0.905. The Labute approximate surface area is 122 Å². The van der Waals surface area contributed by atoms with Gasteiger partial charge < -0.3 is 5.32 Å². The first-order chi connectivity index (χ1) is 9.51. The second-order valence-corrected chi connectivity index (χ2v) is 5.61. The summed E-state index contributed by atoms with van der Waals surface area (Å²) in [6.45, 7) is 10.5. The first-order valence-corrected chi connectivity index (χ1v) is 7.30. The summed E-state index contributed by atoms with van der Waals surface area (Å²) in [5.41, 5.74) is 7.99. The lowest BCUT2D eigenvalue weighted by Crippen LogP contribution is -2.15. The molecule has 0 amide bonds. The molecule has 3 heteroatoms. The van der Waals surface area contributed by atoms with Crippen molar-refractivity contribution in [2.24, 2.45) is 7.05 Å². The van der Waals surface area contributed by atoms with E-state index in [1.165, 1.54) is 33.5 Å². The molecule has 1 aromatic carbocycles. The first kappa shape index (κ1) is 14.8. The number of aromatic nitrogens is 2. The standard InChI is InChI=1S/C17H25N3/c1-6-17-15(11-20(5)19-17)9-18-10-16-13(3)7-12(2)8-14(16)4/h7-8,11,18H,6,9-10H2,1-5H3. The van der Waals surface area contributed by atoms with Crippen molar-refractivity contribution in [2.45, 2.75) is 47.2 Å². The van der Waals surface area contributed by atoms with Gasteiger partial charge in [0.2, 0.25) is 0 Å². The van der Waals surface area contributed by atoms with Crippen molar-refractivity contribution in [3.8, 4) is 0 Å². The zero-order chi connectivity index (χ0) is 14.7. The highest BCUT2D eigenvalue weighted by Gasteiger charge is 2.07. The average Bonchev–Trinajstić information content (AvgIpc) is 2.73. The second kappa shape index (κ2) is 6.23. The Morgan fingerprint density at radius 1 is 1.10 bits per heavy atom. The normalized spacial score (nSPS) is 11.1. The third-order valence-electron chi connectivity index (χ3n) is 3.78. The van der Waals surface area contributed by atoms with Crippen molar-refractivity contribution < 1.29 is 0 Å². The number of hydrogen-bond acceptors (Lipinski definition) is 2. The molecule has 0 saturated carbocycles. The smallest absolute Gasteiger partial charge is 0.0666 e. The van der Waals surface area contributed by atoms with Gasteiger partial charge in [-0.3, -0.25) is 4.68 Å². The molecule has 0 bridgehead atoms. The molecule has 108 valence electrons. The molecule has 2 aromatic rings. The van der Waals surface area contributed by atoms with Gasteiger partial charge in [-0.1, -0.05) is 24.6 Å². The summed E-state index contributed by atoms with van der Waals surface area (Å²) in [4.78, 5) is 0. The van der Waals surface area contributed by atoms with E-state index in [-0.39, 0.29) is 0 Å². The molecule has 1 N–H and O–H groups in total. The molecule has 0 radical (unpaired) electrons. The maximum Gasteiger partial charge on any atom is 0.0666 e. The van der Waals surface area contributed by atoms with E-state index >= 15 is 0 Å². The topological polar surface area (TPSA) is 29.9 Å². The van der Waals surface area contributed by atoms with Crippen molar-refractivity contribution in [2.75, 3.05) is 0 Å². The Morgan fingerprint density at radius 3 is 2.35 bits per heavy atom. The third-order valence-corrected chi connectivity index (χ3v) is 3.78. The van der Waals surface area contributed by atoms with Gasteiger partial charge in [0, 0.05) is 31.9 Å². The number of aryl methyl sites for hydroxylation is 5. The Balaban J connectivity index is 2.03. The van der Waals surface area contributed by atoms with Crippen LogP contribution in [0.2, 0.25) is 0 Å². The van der Waals surface area contributed by atoms with E-state index in [0.29, 0.717) is 0 Å². The van der Waals surface area contributed by atoms with E-state index in [4.69, 9.17) is 0 Å². The lowest BCUT2D eigenvalue weighted by molar-refractivity contribution is 0.682. The van der Waals surface area contributed by atoms with Crippen LogP contribution in [0.3, 0.4) is 0 Å². The predicted octanol–water partition coefficient (Wildman–Crippen LogP) is 3.20. The largest absolute Gasteiger partial charge is 0.308 e. The maximum absolute atomic E-state index is 4.48. The summed E-state index contributed by atoms with van der Waals surface area (Å²) >= 11 is 0. The third kappa shape index (κ3) is 3.28. The van der Waals surface area contributed by atoms with Crippen LogP contribution >= 0.6 is 0 Å². The van der Waals surface area contributed by atoms with Crippen LogP contribution in [0, 0.1) is 20.8 Å². The lowest BCUT2D eigenvalue weighted by atomic mass is 10.00. The summed E-state index contributed by atoms with van der Waals surface area (Å²) < 4.78 is 1.90. The zero-order valence-corrected chi connectivity index (χ0v) is 13.2. The molecular weight excluding hydrogens is 246 g/mol. The van der Waals surface area contributed by atoms with E-state index in [0.717, 1.165) is 19.5 Å². The van der Waals surface area contributed by atoms with Gasteiger partial charge in [-0.15, -0.1) is 0 Å². The van der Waals surface area contributed by atoms with Crippen molar-refractivity contribution in [1.82, 2.24) is 15.1 Å². The summed E-state index contributed by atoms with van der Waals surface area (Å²) in [6.07, 6.45) is 3.10. The Kier molecular flexibility index (Phi) is 4.61. The van der Waals surface area contributed by atoms with Gasteiger partial charge in [0.15, 0.2) is 0 Å². The average molecular weight is 271 g/mol. The molecule has 0 atom stereocenters. The SMILES string of the molecule is CCc1nn(C)cc1CNCc1c(C)cc(C)cc1C. The van der Waals surface area contributed by atoms with E-state index < -0.39 is 0 Å². The minimum absolute atomic E-state index is 0.879. The van der Waals surface area contributed by atoms with Gasteiger partial charge in [0.1, 0.15) is 0 Å². The summed E-state index contributed by atoms with van der Waals surface area (Å²) in [5, 5.41) is 8.03. The van der Waals surface area contributed by atoms with Crippen LogP contribution in [0.15, 0.2) is 18.3 Å². The van der Waals surface area contributed by atoms with Crippen molar-refractivity contribution in [3.05, 3.63) is 51.8 Å². The van der Waals surface area contributed by atoms with Gasteiger partial charge in [-0.05, 0) is 43.9 Å². The highest BCUT2D eigenvalue weighted by molar-refractivity contribution is 5.37.